The molecule has 0 fully saturated rings. The molecule has 0 saturated carbocycles. The van der Waals surface area contributed by atoms with Crippen molar-refractivity contribution in [3.05, 3.63) is 58.7 Å². The molecule has 4 heteroatoms. The van der Waals surface area contributed by atoms with E-state index >= 15 is 0 Å². The Hall–Kier alpha value is -2.49. The van der Waals surface area contributed by atoms with Crippen molar-refractivity contribution in [2.75, 3.05) is 10.6 Å². The number of carboxylic acids is 1. The van der Waals surface area contributed by atoms with E-state index in [0.29, 0.717) is 6.54 Å². The number of aliphatic carboxylic acids is 1. The van der Waals surface area contributed by atoms with Crippen LogP contribution in [0.5, 0.6) is 0 Å². The predicted octanol–water partition coefficient (Wildman–Crippen LogP) is 5.14. The maximum atomic E-state index is 11.8. The molecular formula is C22H30N2O2. The maximum absolute atomic E-state index is 11.8. The van der Waals surface area contributed by atoms with Gasteiger partial charge in [0.1, 0.15) is 5.54 Å². The van der Waals surface area contributed by atoms with Crippen molar-refractivity contribution in [1.29, 1.82) is 0 Å². The third kappa shape index (κ3) is 4.18. The van der Waals surface area contributed by atoms with Crippen molar-refractivity contribution < 1.29 is 9.90 Å². The molecule has 1 atom stereocenters. The second-order valence-electron chi connectivity index (χ2n) is 7.57. The zero-order valence-corrected chi connectivity index (χ0v) is 16.6. The van der Waals surface area contributed by atoms with Crippen LogP contribution in [-0.2, 0) is 11.3 Å². The first kappa shape index (κ1) is 19.8. The fourth-order valence-corrected chi connectivity index (χ4v) is 3.16. The number of para-hydroxylation sites is 1. The van der Waals surface area contributed by atoms with Crippen LogP contribution in [0.4, 0.5) is 11.4 Å². The minimum atomic E-state index is -1.02. The van der Waals surface area contributed by atoms with E-state index in [0.717, 1.165) is 16.9 Å². The number of hydrogen-bond donors (Lipinski definition) is 3. The number of hydrogen-bond acceptors (Lipinski definition) is 3. The average Bonchev–Trinajstić information content (AvgIpc) is 2.54. The van der Waals surface area contributed by atoms with Crippen molar-refractivity contribution in [1.82, 2.24) is 0 Å². The molecule has 26 heavy (non-hydrogen) atoms. The van der Waals surface area contributed by atoms with E-state index in [9.17, 15) is 9.90 Å². The van der Waals surface area contributed by atoms with E-state index in [1.165, 1.54) is 16.7 Å². The highest BCUT2D eigenvalue weighted by Crippen LogP contribution is 2.28. The molecule has 0 amide bonds. The second kappa shape index (κ2) is 7.81. The Morgan fingerprint density at radius 1 is 1.12 bits per heavy atom. The van der Waals surface area contributed by atoms with E-state index in [1.54, 1.807) is 6.92 Å². The van der Waals surface area contributed by atoms with Gasteiger partial charge in [-0.25, -0.2) is 4.79 Å². The molecule has 0 spiro atoms. The Morgan fingerprint density at radius 2 is 1.69 bits per heavy atom. The van der Waals surface area contributed by atoms with Gasteiger partial charge < -0.3 is 15.7 Å². The monoisotopic (exact) mass is 354 g/mol. The van der Waals surface area contributed by atoms with Gasteiger partial charge in [-0.15, -0.1) is 0 Å². The molecule has 0 aromatic heterocycles. The molecule has 0 heterocycles. The predicted molar refractivity (Wildman–Crippen MR) is 109 cm³/mol. The standard InChI is InChI=1S/C22H30N2O2/c1-14(2)22(6,21(25)26)24-19-10-8-7-9-18(19)13-23-20-16(4)11-15(3)12-17(20)5/h7-12,14,23-24H,13H2,1-6H3,(H,25,26)/t22-/m0/s1. The molecule has 0 bridgehead atoms. The number of aryl methyl sites for hydroxylation is 3. The molecule has 0 unspecified atom stereocenters. The van der Waals surface area contributed by atoms with Crippen molar-refractivity contribution in [2.45, 2.75) is 53.6 Å². The van der Waals surface area contributed by atoms with Crippen LogP contribution in [0, 0.1) is 26.7 Å². The number of carbonyl (C=O) groups is 1. The van der Waals surface area contributed by atoms with Crippen LogP contribution in [0.25, 0.3) is 0 Å². The summed E-state index contributed by atoms with van der Waals surface area (Å²) < 4.78 is 0. The van der Waals surface area contributed by atoms with Gasteiger partial charge in [0, 0.05) is 17.9 Å². The van der Waals surface area contributed by atoms with Crippen molar-refractivity contribution >= 4 is 17.3 Å². The summed E-state index contributed by atoms with van der Waals surface area (Å²) in [7, 11) is 0. The van der Waals surface area contributed by atoms with Gasteiger partial charge in [0.05, 0.1) is 0 Å². The number of nitrogens with one attached hydrogen (secondary N) is 2. The Kier molecular flexibility index (Phi) is 5.96. The molecule has 2 aromatic carbocycles. The molecule has 2 rings (SSSR count). The Balaban J connectivity index is 2.26. The molecule has 0 saturated heterocycles. The fraction of sp³-hybridized carbons (Fsp3) is 0.409. The lowest BCUT2D eigenvalue weighted by atomic mass is 9.88. The summed E-state index contributed by atoms with van der Waals surface area (Å²) in [6.45, 7) is 12.5. The number of anilines is 2. The average molecular weight is 354 g/mol. The molecule has 2 aromatic rings. The van der Waals surface area contributed by atoms with E-state index in [1.807, 2.05) is 38.1 Å². The lowest BCUT2D eigenvalue weighted by Gasteiger charge is -2.32. The largest absolute Gasteiger partial charge is 0.480 e. The molecular weight excluding hydrogens is 324 g/mol. The van der Waals surface area contributed by atoms with E-state index in [4.69, 9.17) is 0 Å². The second-order valence-corrected chi connectivity index (χ2v) is 7.57. The lowest BCUT2D eigenvalue weighted by molar-refractivity contribution is -0.143. The van der Waals surface area contributed by atoms with Gasteiger partial charge >= 0.3 is 5.97 Å². The minimum absolute atomic E-state index is 0.0531. The van der Waals surface area contributed by atoms with E-state index < -0.39 is 11.5 Å². The van der Waals surface area contributed by atoms with Gasteiger partial charge in [-0.3, -0.25) is 0 Å². The van der Waals surface area contributed by atoms with Crippen LogP contribution in [0.3, 0.4) is 0 Å². The normalized spacial score (nSPS) is 13.3. The summed E-state index contributed by atoms with van der Waals surface area (Å²) in [5, 5.41) is 16.5. The lowest BCUT2D eigenvalue weighted by Crippen LogP contribution is -2.48. The zero-order chi connectivity index (χ0) is 19.5. The van der Waals surface area contributed by atoms with Crippen LogP contribution in [-0.4, -0.2) is 16.6 Å². The molecule has 0 aliphatic carbocycles. The summed E-state index contributed by atoms with van der Waals surface area (Å²) >= 11 is 0. The van der Waals surface area contributed by atoms with Crippen molar-refractivity contribution in [2.24, 2.45) is 5.92 Å². The van der Waals surface area contributed by atoms with Crippen LogP contribution >= 0.6 is 0 Å². The first-order valence-electron chi connectivity index (χ1n) is 9.06. The van der Waals surface area contributed by atoms with Crippen molar-refractivity contribution in [3.8, 4) is 0 Å². The van der Waals surface area contributed by atoms with Crippen LogP contribution in [0.15, 0.2) is 36.4 Å². The number of benzene rings is 2. The van der Waals surface area contributed by atoms with E-state index in [2.05, 4.69) is 43.5 Å². The first-order valence-corrected chi connectivity index (χ1v) is 9.06. The van der Waals surface area contributed by atoms with Gasteiger partial charge in [-0.1, -0.05) is 49.7 Å². The quantitative estimate of drug-likeness (QED) is 0.645. The van der Waals surface area contributed by atoms with Gasteiger partial charge in [-0.2, -0.15) is 0 Å². The summed E-state index contributed by atoms with van der Waals surface area (Å²) in [4.78, 5) is 11.8. The smallest absolute Gasteiger partial charge is 0.329 e. The molecule has 0 aliphatic heterocycles. The zero-order valence-electron chi connectivity index (χ0n) is 16.6. The Morgan fingerprint density at radius 3 is 2.23 bits per heavy atom. The molecule has 4 nitrogen and oxygen atoms in total. The Labute approximate surface area is 156 Å². The highest BCUT2D eigenvalue weighted by molar-refractivity contribution is 5.83. The third-order valence-electron chi connectivity index (χ3n) is 5.14. The van der Waals surface area contributed by atoms with E-state index in [-0.39, 0.29) is 5.92 Å². The van der Waals surface area contributed by atoms with Gasteiger partial charge in [0.2, 0.25) is 0 Å². The fourth-order valence-electron chi connectivity index (χ4n) is 3.16. The first-order chi connectivity index (χ1) is 12.1. The topological polar surface area (TPSA) is 61.4 Å². The SMILES string of the molecule is Cc1cc(C)c(NCc2ccccc2N[C@](C)(C(=O)O)C(C)C)c(C)c1. The van der Waals surface area contributed by atoms with Crippen molar-refractivity contribution in [3.63, 3.8) is 0 Å². The number of rotatable bonds is 7. The van der Waals surface area contributed by atoms with Crippen LogP contribution in [0.1, 0.15) is 43.0 Å². The summed E-state index contributed by atoms with van der Waals surface area (Å²) in [5.74, 6) is -0.900. The Bertz CT molecular complexity index is 775. The van der Waals surface area contributed by atoms with Crippen LogP contribution in [0.2, 0.25) is 0 Å². The van der Waals surface area contributed by atoms with Gasteiger partial charge in [0.25, 0.3) is 0 Å². The summed E-state index contributed by atoms with van der Waals surface area (Å²) in [6.07, 6.45) is 0. The van der Waals surface area contributed by atoms with Gasteiger partial charge in [-0.05, 0) is 56.4 Å². The highest BCUT2D eigenvalue weighted by atomic mass is 16.4. The van der Waals surface area contributed by atoms with Crippen LogP contribution < -0.4 is 10.6 Å². The summed E-state index contributed by atoms with van der Waals surface area (Å²) in [6, 6.07) is 12.2. The third-order valence-corrected chi connectivity index (χ3v) is 5.14. The molecule has 3 N–H and O–H groups in total. The van der Waals surface area contributed by atoms with Gasteiger partial charge in [0.15, 0.2) is 0 Å². The minimum Gasteiger partial charge on any atom is -0.480 e. The molecule has 0 aliphatic rings. The maximum Gasteiger partial charge on any atom is 0.329 e. The molecule has 0 radical (unpaired) electrons. The highest BCUT2D eigenvalue weighted by Gasteiger charge is 2.36. The number of carboxylic acid groups (broad SMARTS) is 1. The summed E-state index contributed by atoms with van der Waals surface area (Å²) in [5.41, 5.74) is 5.68. The molecule has 140 valence electrons.